The topological polar surface area (TPSA) is 64.6 Å². The number of rotatable bonds is 6. The smallest absolute Gasteiger partial charge is 0.330 e. The molecule has 1 amide bonds. The summed E-state index contributed by atoms with van der Waals surface area (Å²) in [7, 11) is 1.49. The average molecular weight is 334 g/mol. The fraction of sp³-hybridized carbons (Fsp3) is 0.176. The summed E-state index contributed by atoms with van der Waals surface area (Å²) in [5, 5.41) is 3.12. The predicted octanol–water partition coefficient (Wildman–Crippen LogP) is 2.61. The molecular weight excluding hydrogens is 318 g/mol. The largest absolute Gasteiger partial charge is 0.493 e. The highest BCUT2D eigenvalue weighted by Crippen LogP contribution is 2.25. The maximum absolute atomic E-state index is 11.8. The monoisotopic (exact) mass is 333 g/mol. The summed E-state index contributed by atoms with van der Waals surface area (Å²) in [4.78, 5) is 23.6. The minimum Gasteiger partial charge on any atom is -0.493 e. The Bertz CT molecular complexity index is 685. The number of amides is 1. The van der Waals surface area contributed by atoms with E-state index in [-0.39, 0.29) is 18.9 Å². The number of methoxy groups -OCH3 is 1. The maximum Gasteiger partial charge on any atom is 0.330 e. The van der Waals surface area contributed by atoms with Crippen LogP contribution in [-0.2, 0) is 16.0 Å². The number of hydrogen-bond donors (Lipinski definition) is 1. The molecule has 1 N–H and O–H groups in total. The van der Waals surface area contributed by atoms with Crippen molar-refractivity contribution >= 4 is 23.5 Å². The number of esters is 1. The van der Waals surface area contributed by atoms with E-state index in [1.165, 1.54) is 7.11 Å². The number of carbonyl (C=O) groups is 2. The Morgan fingerprint density at radius 1 is 1.04 bits per heavy atom. The summed E-state index contributed by atoms with van der Waals surface area (Å²) < 4.78 is 10.2. The van der Waals surface area contributed by atoms with Gasteiger partial charge >= 0.3 is 5.97 Å². The number of benzene rings is 2. The molecule has 2 aromatic carbocycles. The summed E-state index contributed by atoms with van der Waals surface area (Å²) in [6.45, 7) is -0.218. The first kappa shape index (κ1) is 16.8. The Kier molecular flexibility index (Phi) is 6.00. The molecule has 5 nitrogen and oxygen atoms in total. The lowest BCUT2D eigenvalue weighted by Crippen LogP contribution is -2.32. The Balaban J connectivity index is 1.82. The highest BCUT2D eigenvalue weighted by Gasteiger charge is 2.11. The summed E-state index contributed by atoms with van der Waals surface area (Å²) in [6, 6.07) is 13.7. The zero-order chi connectivity index (χ0) is 16.7. The molecule has 0 aliphatic carbocycles. The van der Waals surface area contributed by atoms with E-state index in [2.05, 4.69) is 5.32 Å². The molecule has 0 aromatic heterocycles. The van der Waals surface area contributed by atoms with Crippen molar-refractivity contribution in [2.45, 2.75) is 6.42 Å². The number of nitrogens with one attached hydrogen (secondary N) is 1. The first-order valence-electron chi connectivity index (χ1n) is 6.93. The highest BCUT2D eigenvalue weighted by molar-refractivity contribution is 6.30. The van der Waals surface area contributed by atoms with Crippen molar-refractivity contribution in [1.82, 2.24) is 5.32 Å². The van der Waals surface area contributed by atoms with E-state index in [1.54, 1.807) is 48.5 Å². The molecule has 0 spiro atoms. The summed E-state index contributed by atoms with van der Waals surface area (Å²) in [5.74, 6) is -0.0800. The molecule has 0 saturated carbocycles. The van der Waals surface area contributed by atoms with Gasteiger partial charge in [-0.25, -0.2) is 4.79 Å². The normalized spacial score (nSPS) is 10.0. The average Bonchev–Trinajstić information content (AvgIpc) is 2.55. The molecule has 23 heavy (non-hydrogen) atoms. The Hall–Kier alpha value is -2.53. The molecule has 2 rings (SSSR count). The zero-order valence-electron chi connectivity index (χ0n) is 12.5. The van der Waals surface area contributed by atoms with E-state index in [9.17, 15) is 9.59 Å². The summed E-state index contributed by atoms with van der Waals surface area (Å²) >= 11 is 5.78. The third-order valence-corrected chi connectivity index (χ3v) is 3.25. The summed E-state index contributed by atoms with van der Waals surface area (Å²) in [5.41, 5.74) is 0.810. The molecule has 0 aliphatic rings. The lowest BCUT2D eigenvalue weighted by atomic mass is 10.1. The Morgan fingerprint density at radius 2 is 1.70 bits per heavy atom. The van der Waals surface area contributed by atoms with Crippen LogP contribution in [0.1, 0.15) is 5.56 Å². The molecule has 2 aromatic rings. The van der Waals surface area contributed by atoms with Gasteiger partial charge in [-0.1, -0.05) is 35.9 Å². The lowest BCUT2D eigenvalue weighted by molar-refractivity contribution is -0.135. The Morgan fingerprint density at radius 3 is 2.35 bits per heavy atom. The minimum absolute atomic E-state index is 0.166. The van der Waals surface area contributed by atoms with Crippen LogP contribution < -0.4 is 14.8 Å². The molecule has 0 heterocycles. The number of para-hydroxylation sites is 2. The van der Waals surface area contributed by atoms with Crippen molar-refractivity contribution in [2.75, 3.05) is 13.7 Å². The van der Waals surface area contributed by atoms with Crippen molar-refractivity contribution in [3.05, 3.63) is 59.1 Å². The van der Waals surface area contributed by atoms with Crippen LogP contribution >= 0.6 is 11.6 Å². The SMILES string of the molecule is COc1ccccc1OC(=O)CNC(=O)Cc1ccc(Cl)cc1. The van der Waals surface area contributed by atoms with Gasteiger partial charge in [0.15, 0.2) is 11.5 Å². The fourth-order valence-corrected chi connectivity index (χ4v) is 2.01. The molecule has 0 unspecified atom stereocenters. The number of ether oxygens (including phenoxy) is 2. The maximum atomic E-state index is 11.8. The van der Waals surface area contributed by atoms with Gasteiger partial charge in [-0.15, -0.1) is 0 Å². The van der Waals surface area contributed by atoms with Gasteiger partial charge in [0.25, 0.3) is 0 Å². The fourth-order valence-electron chi connectivity index (χ4n) is 1.88. The van der Waals surface area contributed by atoms with Crippen LogP contribution in [0, 0.1) is 0 Å². The van der Waals surface area contributed by atoms with Gasteiger partial charge in [0, 0.05) is 5.02 Å². The van der Waals surface area contributed by atoms with Crippen molar-refractivity contribution in [3.8, 4) is 11.5 Å². The first-order valence-corrected chi connectivity index (χ1v) is 7.31. The molecular formula is C17H16ClNO4. The van der Waals surface area contributed by atoms with Gasteiger partial charge in [0.2, 0.25) is 5.91 Å². The number of halogens is 1. The van der Waals surface area contributed by atoms with Crippen LogP contribution in [0.3, 0.4) is 0 Å². The molecule has 6 heteroatoms. The standard InChI is InChI=1S/C17H16ClNO4/c1-22-14-4-2-3-5-15(14)23-17(21)11-19-16(20)10-12-6-8-13(18)9-7-12/h2-9H,10-11H2,1H3,(H,19,20). The van der Waals surface area contributed by atoms with Gasteiger partial charge in [-0.05, 0) is 29.8 Å². The van der Waals surface area contributed by atoms with Crippen LogP contribution in [0.4, 0.5) is 0 Å². The molecule has 0 atom stereocenters. The van der Waals surface area contributed by atoms with Gasteiger partial charge in [0.1, 0.15) is 6.54 Å². The lowest BCUT2D eigenvalue weighted by Gasteiger charge is -2.09. The van der Waals surface area contributed by atoms with Gasteiger partial charge in [-0.2, -0.15) is 0 Å². The predicted molar refractivity (Wildman–Crippen MR) is 86.8 cm³/mol. The van der Waals surface area contributed by atoms with Crippen LogP contribution in [0.5, 0.6) is 11.5 Å². The second-order valence-corrected chi connectivity index (χ2v) is 5.14. The van der Waals surface area contributed by atoms with Gasteiger partial charge in [-0.3, -0.25) is 4.79 Å². The van der Waals surface area contributed by atoms with Crippen molar-refractivity contribution in [2.24, 2.45) is 0 Å². The van der Waals surface area contributed by atoms with Gasteiger partial charge < -0.3 is 14.8 Å². The van der Waals surface area contributed by atoms with E-state index >= 15 is 0 Å². The van der Waals surface area contributed by atoms with Crippen LogP contribution in [0.15, 0.2) is 48.5 Å². The van der Waals surface area contributed by atoms with E-state index in [1.807, 2.05) is 0 Å². The molecule has 120 valence electrons. The molecule has 0 saturated heterocycles. The van der Waals surface area contributed by atoms with E-state index in [0.717, 1.165) is 5.56 Å². The zero-order valence-corrected chi connectivity index (χ0v) is 13.3. The quantitative estimate of drug-likeness (QED) is 0.652. The third-order valence-electron chi connectivity index (χ3n) is 3.00. The molecule has 0 bridgehead atoms. The van der Waals surface area contributed by atoms with Crippen LogP contribution in [0.25, 0.3) is 0 Å². The van der Waals surface area contributed by atoms with Crippen molar-refractivity contribution < 1.29 is 19.1 Å². The second kappa shape index (κ2) is 8.19. The van der Waals surface area contributed by atoms with E-state index < -0.39 is 5.97 Å². The van der Waals surface area contributed by atoms with Crippen molar-refractivity contribution in [1.29, 1.82) is 0 Å². The van der Waals surface area contributed by atoms with E-state index in [0.29, 0.717) is 16.5 Å². The molecule has 0 aliphatic heterocycles. The first-order chi connectivity index (χ1) is 11.1. The van der Waals surface area contributed by atoms with E-state index in [4.69, 9.17) is 21.1 Å². The second-order valence-electron chi connectivity index (χ2n) is 4.70. The number of hydrogen-bond acceptors (Lipinski definition) is 4. The Labute approximate surface area is 139 Å². The minimum atomic E-state index is -0.570. The van der Waals surface area contributed by atoms with Crippen LogP contribution in [-0.4, -0.2) is 25.5 Å². The number of carbonyl (C=O) groups excluding carboxylic acids is 2. The van der Waals surface area contributed by atoms with Gasteiger partial charge in [0.05, 0.1) is 13.5 Å². The molecule has 0 radical (unpaired) electrons. The summed E-state index contributed by atoms with van der Waals surface area (Å²) in [6.07, 6.45) is 0.166. The third kappa shape index (κ3) is 5.30. The van der Waals surface area contributed by atoms with Crippen LogP contribution in [0.2, 0.25) is 5.02 Å². The molecule has 0 fully saturated rings. The van der Waals surface area contributed by atoms with Crippen molar-refractivity contribution in [3.63, 3.8) is 0 Å². The highest BCUT2D eigenvalue weighted by atomic mass is 35.5.